The van der Waals surface area contributed by atoms with Crippen LogP contribution in [0.4, 0.5) is 0 Å². The van der Waals surface area contributed by atoms with Crippen molar-refractivity contribution < 1.29 is 58.2 Å². The molecule has 0 saturated carbocycles. The molecule has 454 valence electrons. The molecule has 12 heteroatoms. The van der Waals surface area contributed by atoms with Crippen molar-refractivity contribution in [3.63, 3.8) is 0 Å². The Morgan fingerprint density at radius 3 is 1.25 bits per heavy atom. The number of aliphatic hydroxyl groups excluding tert-OH is 2. The lowest BCUT2D eigenvalue weighted by atomic mass is 9.98. The number of carbonyl (C=O) groups excluding carboxylic acids is 3. The van der Waals surface area contributed by atoms with Crippen LogP contribution in [0.25, 0.3) is 0 Å². The topological polar surface area (TPSA) is 175 Å². The fourth-order valence-electron chi connectivity index (χ4n) is 8.26. The van der Waals surface area contributed by atoms with Gasteiger partial charge in [0.25, 0.3) is 0 Å². The third-order valence-electron chi connectivity index (χ3n) is 12.9. The Bertz CT molecular complexity index is 1960. The first kappa shape index (κ1) is 73.6. The van der Waals surface area contributed by atoms with E-state index in [2.05, 4.69) is 142 Å². The highest BCUT2D eigenvalue weighted by Gasteiger charge is 2.50. The number of hydrogen-bond acceptors (Lipinski definition) is 11. The summed E-state index contributed by atoms with van der Waals surface area (Å²) in [4.78, 5) is 51.2. The van der Waals surface area contributed by atoms with Crippen LogP contribution in [0.1, 0.15) is 213 Å². The molecule has 3 N–H and O–H groups in total. The maximum Gasteiger partial charge on any atom is 0.335 e. The second-order valence-electron chi connectivity index (χ2n) is 20.2. The molecule has 6 atom stereocenters. The minimum Gasteiger partial charge on any atom is -0.479 e. The Labute approximate surface area is 489 Å². The average molecular weight is 1130 g/mol. The number of esters is 3. The van der Waals surface area contributed by atoms with Crippen LogP contribution < -0.4 is 0 Å². The third-order valence-corrected chi connectivity index (χ3v) is 12.9. The van der Waals surface area contributed by atoms with E-state index in [1.807, 2.05) is 12.2 Å². The first-order valence-electron chi connectivity index (χ1n) is 30.8. The van der Waals surface area contributed by atoms with Gasteiger partial charge in [0.1, 0.15) is 18.8 Å². The summed E-state index contributed by atoms with van der Waals surface area (Å²) in [5.41, 5.74) is 0. The summed E-state index contributed by atoms with van der Waals surface area (Å²) >= 11 is 0. The van der Waals surface area contributed by atoms with E-state index in [9.17, 15) is 34.5 Å². The smallest absolute Gasteiger partial charge is 0.335 e. The summed E-state index contributed by atoms with van der Waals surface area (Å²) in [6.45, 7) is 5.65. The molecular weight excluding hydrogens is 1020 g/mol. The number of aliphatic carboxylic acids is 1. The van der Waals surface area contributed by atoms with Crippen LogP contribution in [0.5, 0.6) is 0 Å². The van der Waals surface area contributed by atoms with Crippen molar-refractivity contribution in [3.8, 4) is 0 Å². The molecule has 81 heavy (non-hydrogen) atoms. The SMILES string of the molecule is CC/C=C\C/C=C\C/C=C\C/C=C\C/C=C\CC(=O)OC1C(OCC(COC(=O)CCCCCCCC/C=C\C/C=C\C/C=C\CCCCC)OC(=O)CCCCCC/C=C\C/C=C\C/C=C\C/C=C\CC)OC(C(=O)O)C(O)C1O. The summed E-state index contributed by atoms with van der Waals surface area (Å²) in [5, 5.41) is 31.5. The Morgan fingerprint density at radius 1 is 0.432 bits per heavy atom. The Morgan fingerprint density at radius 2 is 0.815 bits per heavy atom. The van der Waals surface area contributed by atoms with Gasteiger partial charge in [-0.15, -0.1) is 0 Å². The van der Waals surface area contributed by atoms with E-state index < -0.39 is 67.3 Å². The second kappa shape index (κ2) is 55.2. The molecule has 0 aromatic heterocycles. The lowest BCUT2D eigenvalue weighted by molar-refractivity contribution is -0.301. The van der Waals surface area contributed by atoms with E-state index >= 15 is 0 Å². The van der Waals surface area contributed by atoms with Crippen LogP contribution in [0.3, 0.4) is 0 Å². The van der Waals surface area contributed by atoms with Crippen LogP contribution in [-0.2, 0) is 42.9 Å². The van der Waals surface area contributed by atoms with Gasteiger partial charge in [-0.1, -0.05) is 218 Å². The van der Waals surface area contributed by atoms with Gasteiger partial charge in [-0.25, -0.2) is 4.79 Å². The van der Waals surface area contributed by atoms with Crippen molar-refractivity contribution in [1.82, 2.24) is 0 Å². The van der Waals surface area contributed by atoms with Crippen LogP contribution in [0.15, 0.2) is 146 Å². The minimum atomic E-state index is -1.95. The van der Waals surface area contributed by atoms with Crippen LogP contribution in [0.2, 0.25) is 0 Å². The van der Waals surface area contributed by atoms with Crippen LogP contribution in [0, 0.1) is 0 Å². The van der Waals surface area contributed by atoms with Crippen molar-refractivity contribution in [2.24, 2.45) is 0 Å². The number of carboxylic acid groups (broad SMARTS) is 1. The van der Waals surface area contributed by atoms with Gasteiger partial charge in [0, 0.05) is 12.8 Å². The van der Waals surface area contributed by atoms with Gasteiger partial charge in [-0.2, -0.15) is 0 Å². The molecule has 0 aliphatic carbocycles. The van der Waals surface area contributed by atoms with E-state index in [0.29, 0.717) is 19.3 Å². The maximum absolute atomic E-state index is 13.2. The molecular formula is C69H106O12. The monoisotopic (exact) mass is 1130 g/mol. The molecule has 1 saturated heterocycles. The number of allylic oxidation sites excluding steroid dienone is 23. The number of ether oxygens (including phenoxy) is 5. The first-order chi connectivity index (χ1) is 39.6. The fourth-order valence-corrected chi connectivity index (χ4v) is 8.26. The van der Waals surface area contributed by atoms with Crippen molar-refractivity contribution >= 4 is 23.9 Å². The minimum absolute atomic E-state index is 0.112. The zero-order valence-electron chi connectivity index (χ0n) is 50.0. The zero-order chi connectivity index (χ0) is 58.9. The number of aliphatic hydroxyl groups is 2. The van der Waals surface area contributed by atoms with Crippen LogP contribution >= 0.6 is 0 Å². The summed E-state index contributed by atoms with van der Waals surface area (Å²) in [6, 6.07) is 0. The summed E-state index contributed by atoms with van der Waals surface area (Å²) in [6.07, 6.45) is 66.9. The normalized spacial score (nSPS) is 18.8. The Hall–Kier alpha value is -5.40. The summed E-state index contributed by atoms with van der Waals surface area (Å²) in [7, 11) is 0. The molecule has 1 fully saturated rings. The van der Waals surface area contributed by atoms with Crippen molar-refractivity contribution in [1.29, 1.82) is 0 Å². The standard InChI is InChI=1S/C69H106O12/c1-4-7-10-13-16-19-22-25-28-30-31-33-35-37-40-43-46-49-52-55-61(70)77-58-60(79-62(71)56-53-50-47-44-41-39-36-32-29-26-23-20-17-14-11-8-5-2)59-78-69-67(65(74)64(73)66(81-69)68(75)76)80-63(72)57-54-51-48-45-42-38-34-27-24-21-18-15-12-9-6-3/h8-9,11-12,16-21,25-29,31,33-34,36,39,42,45,51,54,60,64-67,69,73-74H,4-7,10,13-15,22-24,30,32,35,37-38,40-41,43-44,46-50,52-53,55-59H2,1-3H3,(H,75,76)/b11-8-,12-9-,19-16-,20-17-,21-18-,28-25-,29-26-,33-31-,34-27-,39-36-,45-42-,54-51-. The highest BCUT2D eigenvalue weighted by Crippen LogP contribution is 2.26. The molecule has 6 unspecified atom stereocenters. The number of rotatable bonds is 50. The molecule has 12 nitrogen and oxygen atoms in total. The lowest BCUT2D eigenvalue weighted by Crippen LogP contribution is -2.61. The molecule has 0 spiro atoms. The van der Waals surface area contributed by atoms with Gasteiger partial charge in [0.2, 0.25) is 0 Å². The highest BCUT2D eigenvalue weighted by atomic mass is 16.7. The zero-order valence-corrected chi connectivity index (χ0v) is 50.0. The largest absolute Gasteiger partial charge is 0.479 e. The van der Waals surface area contributed by atoms with Gasteiger partial charge < -0.3 is 39.0 Å². The Kier molecular flexibility index (Phi) is 50.1. The van der Waals surface area contributed by atoms with Gasteiger partial charge in [0.05, 0.1) is 13.0 Å². The fraction of sp³-hybridized carbons (Fsp3) is 0.594. The number of hydrogen-bond donors (Lipinski definition) is 3. The number of unbranched alkanes of at least 4 members (excludes halogenated alkanes) is 13. The molecule has 0 amide bonds. The molecule has 0 aromatic rings. The van der Waals surface area contributed by atoms with Crippen LogP contribution in [-0.4, -0.2) is 89.2 Å². The third kappa shape index (κ3) is 44.9. The molecule has 0 bridgehead atoms. The lowest BCUT2D eigenvalue weighted by Gasteiger charge is -2.40. The van der Waals surface area contributed by atoms with E-state index in [0.717, 1.165) is 128 Å². The highest BCUT2D eigenvalue weighted by molar-refractivity contribution is 5.74. The molecule has 1 rings (SSSR count). The van der Waals surface area contributed by atoms with E-state index in [-0.39, 0.29) is 25.9 Å². The molecule has 1 aliphatic heterocycles. The summed E-state index contributed by atoms with van der Waals surface area (Å²) < 4.78 is 28.3. The predicted molar refractivity (Wildman–Crippen MR) is 330 cm³/mol. The molecule has 1 heterocycles. The van der Waals surface area contributed by atoms with Crippen molar-refractivity contribution in [2.75, 3.05) is 13.2 Å². The van der Waals surface area contributed by atoms with Gasteiger partial charge in [-0.05, 0) is 122 Å². The van der Waals surface area contributed by atoms with E-state index in [1.54, 1.807) is 12.2 Å². The van der Waals surface area contributed by atoms with Gasteiger partial charge in [-0.3, -0.25) is 14.4 Å². The molecule has 0 radical (unpaired) electrons. The Balaban J connectivity index is 2.76. The molecule has 0 aromatic carbocycles. The van der Waals surface area contributed by atoms with Gasteiger partial charge >= 0.3 is 23.9 Å². The second-order valence-corrected chi connectivity index (χ2v) is 20.2. The van der Waals surface area contributed by atoms with E-state index in [1.165, 1.54) is 25.7 Å². The van der Waals surface area contributed by atoms with Crippen molar-refractivity contribution in [2.45, 2.75) is 250 Å². The van der Waals surface area contributed by atoms with E-state index in [4.69, 9.17) is 23.7 Å². The predicted octanol–water partition coefficient (Wildman–Crippen LogP) is 16.3. The van der Waals surface area contributed by atoms with Gasteiger partial charge in [0.15, 0.2) is 24.6 Å². The van der Waals surface area contributed by atoms with Crippen molar-refractivity contribution in [3.05, 3.63) is 146 Å². The quantitative estimate of drug-likeness (QED) is 0.0228. The number of carboxylic acids is 1. The maximum atomic E-state index is 13.2. The first-order valence-corrected chi connectivity index (χ1v) is 30.8. The number of carbonyl (C=O) groups is 4. The average Bonchev–Trinajstić information content (AvgIpc) is 3.53. The molecule has 1 aliphatic rings. The summed E-state index contributed by atoms with van der Waals surface area (Å²) in [5.74, 6) is -3.35.